The van der Waals surface area contributed by atoms with Gasteiger partial charge in [-0.2, -0.15) is 0 Å². The van der Waals surface area contributed by atoms with Crippen molar-refractivity contribution in [1.29, 1.82) is 0 Å². The molecular formula is C21H17Cl2FN2O4S. The second-order valence-corrected chi connectivity index (χ2v) is 8.95. The van der Waals surface area contributed by atoms with Crippen molar-refractivity contribution >= 4 is 50.5 Å². The Kier molecular flexibility index (Phi) is 6.74. The van der Waals surface area contributed by atoms with Crippen LogP contribution < -0.4 is 14.8 Å². The highest BCUT2D eigenvalue weighted by Crippen LogP contribution is 2.29. The number of benzene rings is 3. The molecule has 0 spiro atoms. The Balaban J connectivity index is 1.91. The molecule has 0 atom stereocenters. The summed E-state index contributed by atoms with van der Waals surface area (Å²) in [5.74, 6) is -1.16. The summed E-state index contributed by atoms with van der Waals surface area (Å²) in [7, 11) is -2.58. The lowest BCUT2D eigenvalue weighted by atomic mass is 10.2. The lowest BCUT2D eigenvalue weighted by Crippen LogP contribution is -2.17. The molecule has 0 saturated heterocycles. The van der Waals surface area contributed by atoms with Crippen molar-refractivity contribution in [3.05, 3.63) is 81.6 Å². The van der Waals surface area contributed by atoms with Gasteiger partial charge >= 0.3 is 0 Å². The van der Waals surface area contributed by atoms with Crippen LogP contribution in [0.3, 0.4) is 0 Å². The number of para-hydroxylation sites is 2. The SMILES string of the molecule is COc1ccccc1NS(=O)(=O)c1cc(NC(=O)c2cc(F)c(Cl)cc2Cl)ccc1C. The van der Waals surface area contributed by atoms with Crippen molar-refractivity contribution in [3.63, 3.8) is 0 Å². The molecule has 3 aromatic rings. The Morgan fingerprint density at radius 2 is 1.74 bits per heavy atom. The van der Waals surface area contributed by atoms with Crippen LogP contribution in [0.5, 0.6) is 5.75 Å². The number of carbonyl (C=O) groups is 1. The highest BCUT2D eigenvalue weighted by molar-refractivity contribution is 7.92. The molecule has 1 amide bonds. The van der Waals surface area contributed by atoms with Gasteiger partial charge in [0.1, 0.15) is 11.6 Å². The predicted octanol–water partition coefficient (Wildman–Crippen LogP) is 5.50. The maximum Gasteiger partial charge on any atom is 0.262 e. The number of carbonyl (C=O) groups excluding carboxylic acids is 1. The summed E-state index contributed by atoms with van der Waals surface area (Å²) < 4.78 is 47.3. The van der Waals surface area contributed by atoms with Crippen LogP contribution in [0, 0.1) is 12.7 Å². The molecule has 0 aromatic heterocycles. The average molecular weight is 483 g/mol. The summed E-state index contributed by atoms with van der Waals surface area (Å²) in [5.41, 5.74) is 0.765. The van der Waals surface area contributed by atoms with Crippen molar-refractivity contribution in [3.8, 4) is 5.75 Å². The summed E-state index contributed by atoms with van der Waals surface area (Å²) in [6.07, 6.45) is 0. The number of nitrogens with one attached hydrogen (secondary N) is 2. The number of hydrogen-bond acceptors (Lipinski definition) is 4. The Hall–Kier alpha value is -2.81. The largest absolute Gasteiger partial charge is 0.495 e. The van der Waals surface area contributed by atoms with Gasteiger partial charge < -0.3 is 10.1 Å². The first kappa shape index (κ1) is 22.9. The van der Waals surface area contributed by atoms with Gasteiger partial charge in [0, 0.05) is 5.69 Å². The van der Waals surface area contributed by atoms with Crippen LogP contribution in [-0.2, 0) is 10.0 Å². The number of rotatable bonds is 6. The Morgan fingerprint density at radius 3 is 2.45 bits per heavy atom. The van der Waals surface area contributed by atoms with Crippen molar-refractivity contribution < 1.29 is 22.3 Å². The van der Waals surface area contributed by atoms with Crippen LogP contribution in [0.25, 0.3) is 0 Å². The molecule has 2 N–H and O–H groups in total. The maximum absolute atomic E-state index is 13.7. The fourth-order valence-corrected chi connectivity index (χ4v) is 4.60. The zero-order valence-electron chi connectivity index (χ0n) is 16.4. The molecular weight excluding hydrogens is 466 g/mol. The van der Waals surface area contributed by atoms with Gasteiger partial charge in [0.25, 0.3) is 15.9 Å². The van der Waals surface area contributed by atoms with E-state index in [-0.39, 0.29) is 31.9 Å². The highest BCUT2D eigenvalue weighted by Gasteiger charge is 2.21. The van der Waals surface area contributed by atoms with E-state index in [0.717, 1.165) is 12.1 Å². The third-order valence-electron chi connectivity index (χ3n) is 4.34. The molecule has 0 aliphatic carbocycles. The summed E-state index contributed by atoms with van der Waals surface area (Å²) in [6.45, 7) is 1.62. The number of aryl methyl sites for hydroxylation is 1. The number of anilines is 2. The molecule has 0 radical (unpaired) electrons. The van der Waals surface area contributed by atoms with Crippen molar-refractivity contribution in [2.45, 2.75) is 11.8 Å². The molecule has 0 unspecified atom stereocenters. The second-order valence-electron chi connectivity index (χ2n) is 6.49. The smallest absolute Gasteiger partial charge is 0.262 e. The molecule has 0 heterocycles. The van der Waals surface area contributed by atoms with Gasteiger partial charge in [-0.15, -0.1) is 0 Å². The van der Waals surface area contributed by atoms with Crippen LogP contribution in [0.1, 0.15) is 15.9 Å². The van der Waals surface area contributed by atoms with E-state index in [4.69, 9.17) is 27.9 Å². The Bertz CT molecular complexity index is 1270. The van der Waals surface area contributed by atoms with Gasteiger partial charge in [-0.3, -0.25) is 9.52 Å². The van der Waals surface area contributed by atoms with Crippen LogP contribution >= 0.6 is 23.2 Å². The first-order chi connectivity index (χ1) is 14.6. The number of hydrogen-bond donors (Lipinski definition) is 2. The van der Waals surface area contributed by atoms with Crippen molar-refractivity contribution in [1.82, 2.24) is 0 Å². The molecule has 3 aromatic carbocycles. The number of ether oxygens (including phenoxy) is 1. The third-order valence-corrected chi connectivity index (χ3v) is 6.45. The molecule has 31 heavy (non-hydrogen) atoms. The van der Waals surface area contributed by atoms with E-state index < -0.39 is 21.7 Å². The highest BCUT2D eigenvalue weighted by atomic mass is 35.5. The first-order valence-electron chi connectivity index (χ1n) is 8.85. The van der Waals surface area contributed by atoms with E-state index in [1.165, 1.54) is 25.3 Å². The normalized spacial score (nSPS) is 11.1. The van der Waals surface area contributed by atoms with Gasteiger partial charge in [-0.05, 0) is 48.9 Å². The Labute approximate surface area is 189 Å². The summed E-state index contributed by atoms with van der Waals surface area (Å²) in [5, 5.41) is 2.27. The van der Waals surface area contributed by atoms with Gasteiger partial charge in [0.05, 0.1) is 33.3 Å². The summed E-state index contributed by atoms with van der Waals surface area (Å²) >= 11 is 11.6. The van der Waals surface area contributed by atoms with Gasteiger partial charge in [0.2, 0.25) is 0 Å². The quantitative estimate of drug-likeness (QED) is 0.454. The van der Waals surface area contributed by atoms with E-state index in [0.29, 0.717) is 11.3 Å². The standard InChI is InChI=1S/C21H17Cl2FN2O4S/c1-12-7-8-13(25-21(27)14-10-17(24)16(23)11-15(14)22)9-20(12)31(28,29)26-18-5-3-4-6-19(18)30-2/h3-11,26H,1-2H3,(H,25,27). The maximum atomic E-state index is 13.7. The third kappa shape index (κ3) is 5.10. The monoisotopic (exact) mass is 482 g/mol. The zero-order valence-corrected chi connectivity index (χ0v) is 18.7. The fourth-order valence-electron chi connectivity index (χ4n) is 2.79. The van der Waals surface area contributed by atoms with E-state index in [1.807, 2.05) is 0 Å². The molecule has 0 fully saturated rings. The minimum Gasteiger partial charge on any atom is -0.495 e. The van der Waals surface area contributed by atoms with Crippen LogP contribution in [0.4, 0.5) is 15.8 Å². The number of methoxy groups -OCH3 is 1. The zero-order chi connectivity index (χ0) is 22.8. The number of halogens is 3. The molecule has 0 aliphatic heterocycles. The molecule has 6 nitrogen and oxygen atoms in total. The van der Waals surface area contributed by atoms with E-state index >= 15 is 0 Å². The average Bonchev–Trinajstić information content (AvgIpc) is 2.72. The molecule has 0 saturated carbocycles. The molecule has 0 bridgehead atoms. The van der Waals surface area contributed by atoms with Crippen molar-refractivity contribution in [2.24, 2.45) is 0 Å². The van der Waals surface area contributed by atoms with Crippen LogP contribution in [-0.4, -0.2) is 21.4 Å². The molecule has 0 aliphatic rings. The lowest BCUT2D eigenvalue weighted by molar-refractivity contribution is 0.102. The van der Waals surface area contributed by atoms with Crippen LogP contribution in [0.15, 0.2) is 59.5 Å². The topological polar surface area (TPSA) is 84.5 Å². The van der Waals surface area contributed by atoms with E-state index in [1.54, 1.807) is 31.2 Å². The number of sulfonamides is 1. The molecule has 10 heteroatoms. The summed E-state index contributed by atoms with van der Waals surface area (Å²) in [6, 6.07) is 13.0. The Morgan fingerprint density at radius 1 is 1.03 bits per heavy atom. The lowest BCUT2D eigenvalue weighted by Gasteiger charge is -2.14. The minimum atomic E-state index is -4.00. The van der Waals surface area contributed by atoms with E-state index in [2.05, 4.69) is 10.0 Å². The second kappa shape index (κ2) is 9.13. The van der Waals surface area contributed by atoms with Gasteiger partial charge in [-0.1, -0.05) is 41.4 Å². The first-order valence-corrected chi connectivity index (χ1v) is 11.1. The molecule has 3 rings (SSSR count). The number of amides is 1. The van der Waals surface area contributed by atoms with E-state index in [9.17, 15) is 17.6 Å². The summed E-state index contributed by atoms with van der Waals surface area (Å²) in [4.78, 5) is 12.5. The van der Waals surface area contributed by atoms with Crippen LogP contribution in [0.2, 0.25) is 10.0 Å². The van der Waals surface area contributed by atoms with Crippen molar-refractivity contribution in [2.75, 3.05) is 17.1 Å². The minimum absolute atomic E-state index is 0.0401. The van der Waals surface area contributed by atoms with Gasteiger partial charge in [0.15, 0.2) is 0 Å². The van der Waals surface area contributed by atoms with Gasteiger partial charge in [-0.25, -0.2) is 12.8 Å². The molecule has 162 valence electrons. The predicted molar refractivity (Wildman–Crippen MR) is 119 cm³/mol. The fraction of sp³-hybridized carbons (Fsp3) is 0.0952.